The second-order valence-electron chi connectivity index (χ2n) is 2.52. The molecule has 1 atom stereocenters. The lowest BCUT2D eigenvalue weighted by molar-refractivity contribution is 0.915. The second kappa shape index (κ2) is 5.84. The summed E-state index contributed by atoms with van der Waals surface area (Å²) in [5.74, 6) is 0. The Bertz CT molecular complexity index is 338. The van der Waals surface area contributed by atoms with Crippen molar-refractivity contribution in [3.8, 4) is 0 Å². The van der Waals surface area contributed by atoms with Gasteiger partial charge >= 0.3 is 0 Å². The monoisotopic (exact) mass is 271 g/mol. The lowest BCUT2D eigenvalue weighted by Crippen LogP contribution is -2.08. The summed E-state index contributed by atoms with van der Waals surface area (Å²) in [6.45, 7) is 3.56. The maximum Gasteiger partial charge on any atom is 0.0658 e. The predicted octanol–water partition coefficient (Wildman–Crippen LogP) is 4.25. The van der Waals surface area contributed by atoms with Gasteiger partial charge in [0.2, 0.25) is 0 Å². The number of hydrogen-bond acceptors (Lipinski definition) is 1. The van der Waals surface area contributed by atoms with Crippen molar-refractivity contribution in [3.63, 3.8) is 0 Å². The molecule has 0 saturated heterocycles. The molecule has 0 amide bonds. The molecule has 1 aromatic rings. The molecule has 0 bridgehead atoms. The molecule has 1 rings (SSSR count). The summed E-state index contributed by atoms with van der Waals surface area (Å²) in [5.41, 5.74) is 6.34. The van der Waals surface area contributed by atoms with Crippen LogP contribution in [0.15, 0.2) is 24.8 Å². The van der Waals surface area contributed by atoms with Crippen molar-refractivity contribution in [1.29, 1.82) is 0 Å². The van der Waals surface area contributed by atoms with Gasteiger partial charge in [-0.05, 0) is 12.1 Å². The SMILES string of the molecule is C=C[C@H](N)c1c(Cl)ccc(Cl)c1Cl.Cl. The van der Waals surface area contributed by atoms with Gasteiger partial charge in [-0.2, -0.15) is 0 Å². The van der Waals surface area contributed by atoms with Crippen LogP contribution in [-0.4, -0.2) is 0 Å². The molecule has 1 aromatic carbocycles. The minimum Gasteiger partial charge on any atom is -0.321 e. The van der Waals surface area contributed by atoms with Crippen LogP contribution in [0.25, 0.3) is 0 Å². The number of hydrogen-bond donors (Lipinski definition) is 1. The zero-order valence-corrected chi connectivity index (χ0v) is 10.2. The Hall–Kier alpha value is 0.0800. The van der Waals surface area contributed by atoms with E-state index in [-0.39, 0.29) is 12.4 Å². The van der Waals surface area contributed by atoms with Crippen LogP contribution in [0.2, 0.25) is 15.1 Å². The molecule has 14 heavy (non-hydrogen) atoms. The first-order valence-corrected chi connectivity index (χ1v) is 4.73. The summed E-state index contributed by atoms with van der Waals surface area (Å²) in [6, 6.07) is 2.90. The molecule has 78 valence electrons. The summed E-state index contributed by atoms with van der Waals surface area (Å²) in [7, 11) is 0. The van der Waals surface area contributed by atoms with Crippen LogP contribution >= 0.6 is 47.2 Å². The van der Waals surface area contributed by atoms with Crippen molar-refractivity contribution in [3.05, 3.63) is 45.4 Å². The summed E-state index contributed by atoms with van der Waals surface area (Å²) in [4.78, 5) is 0. The standard InChI is InChI=1S/C9H8Cl3N.ClH/c1-2-7(13)8-5(10)3-4-6(11)9(8)12;/h2-4,7H,1,13H2;1H/t7-;/m0./s1. The van der Waals surface area contributed by atoms with Gasteiger partial charge in [0.15, 0.2) is 0 Å². The minimum absolute atomic E-state index is 0. The molecule has 0 saturated carbocycles. The Morgan fingerprint density at radius 2 is 1.71 bits per heavy atom. The van der Waals surface area contributed by atoms with E-state index in [0.717, 1.165) is 0 Å². The molecular weight excluding hydrogens is 264 g/mol. The van der Waals surface area contributed by atoms with E-state index in [1.165, 1.54) is 0 Å². The van der Waals surface area contributed by atoms with Gasteiger partial charge in [0, 0.05) is 10.6 Å². The first kappa shape index (κ1) is 14.1. The van der Waals surface area contributed by atoms with Crippen molar-refractivity contribution < 1.29 is 0 Å². The fraction of sp³-hybridized carbons (Fsp3) is 0.111. The third kappa shape index (κ3) is 2.78. The van der Waals surface area contributed by atoms with E-state index in [2.05, 4.69) is 6.58 Å². The van der Waals surface area contributed by atoms with E-state index in [1.807, 2.05) is 0 Å². The third-order valence-corrected chi connectivity index (χ3v) is 2.82. The largest absolute Gasteiger partial charge is 0.321 e. The van der Waals surface area contributed by atoms with Crippen molar-refractivity contribution in [2.75, 3.05) is 0 Å². The fourth-order valence-electron chi connectivity index (χ4n) is 0.966. The van der Waals surface area contributed by atoms with Crippen LogP contribution in [-0.2, 0) is 0 Å². The Balaban J connectivity index is 0.00000169. The maximum absolute atomic E-state index is 5.93. The molecule has 0 fully saturated rings. The summed E-state index contributed by atoms with van der Waals surface area (Å²) in [5, 5.41) is 1.33. The zero-order chi connectivity index (χ0) is 10.0. The van der Waals surface area contributed by atoms with Gasteiger partial charge in [0.1, 0.15) is 0 Å². The molecule has 0 heterocycles. The molecule has 2 N–H and O–H groups in total. The van der Waals surface area contributed by atoms with Gasteiger partial charge in [0.05, 0.1) is 16.1 Å². The van der Waals surface area contributed by atoms with Gasteiger partial charge in [-0.15, -0.1) is 19.0 Å². The highest BCUT2D eigenvalue weighted by Crippen LogP contribution is 2.34. The average molecular weight is 273 g/mol. The van der Waals surface area contributed by atoms with E-state index in [4.69, 9.17) is 40.5 Å². The van der Waals surface area contributed by atoms with E-state index in [0.29, 0.717) is 20.6 Å². The Labute approximate surface area is 104 Å². The number of nitrogens with two attached hydrogens (primary N) is 1. The number of halogens is 4. The average Bonchev–Trinajstić information content (AvgIpc) is 2.12. The van der Waals surface area contributed by atoms with Crippen molar-refractivity contribution in [1.82, 2.24) is 0 Å². The normalized spacial score (nSPS) is 11.7. The zero-order valence-electron chi connectivity index (χ0n) is 7.14. The lowest BCUT2D eigenvalue weighted by atomic mass is 10.1. The molecule has 0 aromatic heterocycles. The van der Waals surface area contributed by atoms with E-state index >= 15 is 0 Å². The number of benzene rings is 1. The maximum atomic E-state index is 5.93. The van der Waals surface area contributed by atoms with Crippen molar-refractivity contribution in [2.45, 2.75) is 6.04 Å². The van der Waals surface area contributed by atoms with Gasteiger partial charge in [-0.25, -0.2) is 0 Å². The highest BCUT2D eigenvalue weighted by Gasteiger charge is 2.13. The fourth-order valence-corrected chi connectivity index (χ4v) is 1.75. The van der Waals surface area contributed by atoms with E-state index < -0.39 is 6.04 Å². The first-order chi connectivity index (χ1) is 6.07. The summed E-state index contributed by atoms with van der Waals surface area (Å²) < 4.78 is 0. The van der Waals surface area contributed by atoms with Gasteiger partial charge in [0.25, 0.3) is 0 Å². The minimum atomic E-state index is -0.390. The topological polar surface area (TPSA) is 26.0 Å². The number of rotatable bonds is 2. The van der Waals surface area contributed by atoms with Crippen LogP contribution < -0.4 is 5.73 Å². The summed E-state index contributed by atoms with van der Waals surface area (Å²) >= 11 is 17.6. The smallest absolute Gasteiger partial charge is 0.0658 e. The van der Waals surface area contributed by atoms with Gasteiger partial charge in [-0.1, -0.05) is 40.9 Å². The molecule has 0 aliphatic carbocycles. The molecule has 5 heteroatoms. The Kier molecular flexibility index (Phi) is 5.87. The molecule has 0 radical (unpaired) electrons. The highest BCUT2D eigenvalue weighted by atomic mass is 35.5. The Morgan fingerprint density at radius 1 is 1.21 bits per heavy atom. The predicted molar refractivity (Wildman–Crippen MR) is 65.8 cm³/mol. The third-order valence-electron chi connectivity index (χ3n) is 1.67. The van der Waals surface area contributed by atoms with Crippen LogP contribution in [0.3, 0.4) is 0 Å². The molecule has 0 spiro atoms. The van der Waals surface area contributed by atoms with Crippen LogP contribution in [0.4, 0.5) is 0 Å². The second-order valence-corrected chi connectivity index (χ2v) is 3.71. The van der Waals surface area contributed by atoms with Crippen molar-refractivity contribution in [2.24, 2.45) is 5.73 Å². The van der Waals surface area contributed by atoms with Crippen LogP contribution in [0, 0.1) is 0 Å². The molecule has 0 aliphatic rings. The molecule has 0 aliphatic heterocycles. The van der Waals surface area contributed by atoms with Gasteiger partial charge < -0.3 is 5.73 Å². The molecular formula is C9H9Cl4N. The van der Waals surface area contributed by atoms with Gasteiger partial charge in [-0.3, -0.25) is 0 Å². The Morgan fingerprint density at radius 3 is 2.21 bits per heavy atom. The quantitative estimate of drug-likeness (QED) is 0.632. The van der Waals surface area contributed by atoms with E-state index in [1.54, 1.807) is 18.2 Å². The van der Waals surface area contributed by atoms with Crippen molar-refractivity contribution >= 4 is 47.2 Å². The highest BCUT2D eigenvalue weighted by molar-refractivity contribution is 6.44. The van der Waals surface area contributed by atoms with Crippen LogP contribution in [0.5, 0.6) is 0 Å². The lowest BCUT2D eigenvalue weighted by Gasteiger charge is -2.11. The molecule has 0 unspecified atom stereocenters. The molecule has 1 nitrogen and oxygen atoms in total. The first-order valence-electron chi connectivity index (χ1n) is 3.59. The van der Waals surface area contributed by atoms with E-state index in [9.17, 15) is 0 Å². The summed E-state index contributed by atoms with van der Waals surface area (Å²) in [6.07, 6.45) is 1.56. The van der Waals surface area contributed by atoms with Crippen LogP contribution in [0.1, 0.15) is 11.6 Å².